The van der Waals surface area contributed by atoms with E-state index in [0.29, 0.717) is 18.7 Å². The van der Waals surface area contributed by atoms with Gasteiger partial charge in [0, 0.05) is 19.3 Å². The molecule has 20 heavy (non-hydrogen) atoms. The molecule has 0 spiro atoms. The van der Waals surface area contributed by atoms with Crippen molar-refractivity contribution < 1.29 is 9.90 Å². The van der Waals surface area contributed by atoms with Gasteiger partial charge in [-0.25, -0.2) is 0 Å². The van der Waals surface area contributed by atoms with Crippen LogP contribution in [0.3, 0.4) is 0 Å². The maximum Gasteiger partial charge on any atom is 0.227 e. The van der Waals surface area contributed by atoms with Gasteiger partial charge in [-0.05, 0) is 35.4 Å². The molecular weight excluding hydrogens is 252 g/mol. The summed E-state index contributed by atoms with van der Waals surface area (Å²) in [5.74, 6) is 0.220. The smallest absolute Gasteiger partial charge is 0.227 e. The highest BCUT2D eigenvalue weighted by Crippen LogP contribution is 2.13. The molecular formula is C16H18N2O2. The molecule has 2 rings (SSSR count). The first-order valence-electron chi connectivity index (χ1n) is 6.41. The molecule has 1 amide bonds. The molecule has 3 N–H and O–H groups in total. The predicted molar refractivity (Wildman–Crippen MR) is 79.1 cm³/mol. The van der Waals surface area contributed by atoms with Crippen LogP contribution in [0.5, 0.6) is 5.75 Å². The van der Waals surface area contributed by atoms with Crippen molar-refractivity contribution in [3.05, 3.63) is 59.7 Å². The molecule has 0 saturated heterocycles. The lowest BCUT2D eigenvalue weighted by molar-refractivity contribution is -0.129. The van der Waals surface area contributed by atoms with Crippen LogP contribution >= 0.6 is 0 Å². The number of nitrogens with two attached hydrogens (primary N) is 1. The predicted octanol–water partition coefficient (Wildman–Crippen LogP) is 2.18. The first-order valence-corrected chi connectivity index (χ1v) is 6.41. The second kappa shape index (κ2) is 6.10. The second-order valence-electron chi connectivity index (χ2n) is 4.84. The Morgan fingerprint density at radius 3 is 2.55 bits per heavy atom. The van der Waals surface area contributed by atoms with Gasteiger partial charge in [0.2, 0.25) is 5.91 Å². The molecule has 0 aliphatic carbocycles. The normalized spacial score (nSPS) is 10.2. The lowest BCUT2D eigenvalue weighted by Crippen LogP contribution is -2.27. The van der Waals surface area contributed by atoms with Crippen LogP contribution in [0, 0.1) is 0 Å². The topological polar surface area (TPSA) is 66.6 Å². The summed E-state index contributed by atoms with van der Waals surface area (Å²) < 4.78 is 0. The van der Waals surface area contributed by atoms with Crippen LogP contribution in [-0.4, -0.2) is 23.0 Å². The standard InChI is InChI=1S/C16H18N2O2/c1-18(11-13-5-3-7-15(19)9-13)16(20)10-12-4-2-6-14(17)8-12/h2-9,19H,10-11,17H2,1H3. The Hall–Kier alpha value is -2.49. The van der Waals surface area contributed by atoms with Crippen LogP contribution in [0.1, 0.15) is 11.1 Å². The number of aromatic hydroxyl groups is 1. The molecule has 104 valence electrons. The monoisotopic (exact) mass is 270 g/mol. The third-order valence-corrected chi connectivity index (χ3v) is 3.06. The largest absolute Gasteiger partial charge is 0.508 e. The summed E-state index contributed by atoms with van der Waals surface area (Å²) in [6, 6.07) is 14.2. The van der Waals surface area contributed by atoms with Crippen molar-refractivity contribution in [3.63, 3.8) is 0 Å². The van der Waals surface area contributed by atoms with E-state index in [0.717, 1.165) is 11.1 Å². The van der Waals surface area contributed by atoms with Crippen molar-refractivity contribution >= 4 is 11.6 Å². The van der Waals surface area contributed by atoms with E-state index in [1.54, 1.807) is 42.3 Å². The maximum atomic E-state index is 12.1. The molecule has 0 bridgehead atoms. The van der Waals surface area contributed by atoms with Crippen LogP contribution in [0.2, 0.25) is 0 Å². The molecule has 0 unspecified atom stereocenters. The number of benzene rings is 2. The number of phenols is 1. The Bertz CT molecular complexity index is 611. The van der Waals surface area contributed by atoms with Crippen LogP contribution in [0.15, 0.2) is 48.5 Å². The summed E-state index contributed by atoms with van der Waals surface area (Å²) >= 11 is 0. The number of carbonyl (C=O) groups excluding carboxylic acids is 1. The van der Waals surface area contributed by atoms with E-state index < -0.39 is 0 Å². The van der Waals surface area contributed by atoms with Gasteiger partial charge in [0.05, 0.1) is 6.42 Å². The first kappa shape index (κ1) is 13.9. The van der Waals surface area contributed by atoms with Crippen molar-refractivity contribution in [1.82, 2.24) is 4.90 Å². The number of likely N-dealkylation sites (N-methyl/N-ethyl adjacent to an activating group) is 1. The number of hydrogen-bond acceptors (Lipinski definition) is 3. The van der Waals surface area contributed by atoms with Crippen molar-refractivity contribution in [2.24, 2.45) is 0 Å². The molecule has 0 saturated carbocycles. The maximum absolute atomic E-state index is 12.1. The molecule has 4 heteroatoms. The molecule has 2 aromatic rings. The van der Waals surface area contributed by atoms with Gasteiger partial charge in [-0.2, -0.15) is 0 Å². The summed E-state index contributed by atoms with van der Waals surface area (Å²) in [6.45, 7) is 0.468. The zero-order chi connectivity index (χ0) is 14.5. The van der Waals surface area contributed by atoms with E-state index in [-0.39, 0.29) is 11.7 Å². The summed E-state index contributed by atoms with van der Waals surface area (Å²) in [5, 5.41) is 9.41. The molecule has 2 aromatic carbocycles. The minimum absolute atomic E-state index is 0.0129. The zero-order valence-corrected chi connectivity index (χ0v) is 11.4. The van der Waals surface area contributed by atoms with E-state index in [1.165, 1.54) is 0 Å². The molecule has 0 heterocycles. The number of amides is 1. The summed E-state index contributed by atoms with van der Waals surface area (Å²) in [7, 11) is 1.75. The highest BCUT2D eigenvalue weighted by molar-refractivity contribution is 5.78. The Balaban J connectivity index is 1.98. The van der Waals surface area contributed by atoms with Gasteiger partial charge in [0.1, 0.15) is 5.75 Å². The lowest BCUT2D eigenvalue weighted by atomic mass is 10.1. The SMILES string of the molecule is CN(Cc1cccc(O)c1)C(=O)Cc1cccc(N)c1. The fourth-order valence-corrected chi connectivity index (χ4v) is 2.03. The molecule has 4 nitrogen and oxygen atoms in total. The van der Waals surface area contributed by atoms with Crippen LogP contribution in [0.4, 0.5) is 5.69 Å². The lowest BCUT2D eigenvalue weighted by Gasteiger charge is -2.17. The van der Waals surface area contributed by atoms with E-state index >= 15 is 0 Å². The molecule has 0 fully saturated rings. The van der Waals surface area contributed by atoms with Gasteiger partial charge in [-0.15, -0.1) is 0 Å². The number of nitrogen functional groups attached to an aromatic ring is 1. The van der Waals surface area contributed by atoms with E-state index in [4.69, 9.17) is 5.73 Å². The summed E-state index contributed by atoms with van der Waals surface area (Å²) in [5.41, 5.74) is 8.15. The van der Waals surface area contributed by atoms with Crippen molar-refractivity contribution in [2.75, 3.05) is 12.8 Å². The minimum Gasteiger partial charge on any atom is -0.508 e. The fourth-order valence-electron chi connectivity index (χ4n) is 2.03. The summed E-state index contributed by atoms with van der Waals surface area (Å²) in [6.07, 6.45) is 0.320. The third-order valence-electron chi connectivity index (χ3n) is 3.06. The molecule has 0 radical (unpaired) electrons. The van der Waals surface area contributed by atoms with Gasteiger partial charge in [0.25, 0.3) is 0 Å². The van der Waals surface area contributed by atoms with Crippen LogP contribution in [0.25, 0.3) is 0 Å². The molecule has 0 aliphatic rings. The number of carbonyl (C=O) groups is 1. The number of rotatable bonds is 4. The zero-order valence-electron chi connectivity index (χ0n) is 11.4. The Morgan fingerprint density at radius 1 is 1.15 bits per heavy atom. The number of phenolic OH excluding ortho intramolecular Hbond substituents is 1. The quantitative estimate of drug-likeness (QED) is 0.837. The van der Waals surface area contributed by atoms with Gasteiger partial charge in [0.15, 0.2) is 0 Å². The average Bonchev–Trinajstić information content (AvgIpc) is 2.38. The minimum atomic E-state index is 0.0129. The second-order valence-corrected chi connectivity index (χ2v) is 4.84. The van der Waals surface area contributed by atoms with Gasteiger partial charge < -0.3 is 15.7 Å². The number of hydrogen-bond donors (Lipinski definition) is 2. The molecule has 0 aliphatic heterocycles. The Labute approximate surface area is 118 Å². The molecule has 0 atom stereocenters. The number of nitrogens with zero attached hydrogens (tertiary/aromatic N) is 1. The highest BCUT2D eigenvalue weighted by atomic mass is 16.3. The van der Waals surface area contributed by atoms with E-state index in [1.807, 2.05) is 18.2 Å². The van der Waals surface area contributed by atoms with Crippen LogP contribution < -0.4 is 5.73 Å². The van der Waals surface area contributed by atoms with Gasteiger partial charge in [-0.3, -0.25) is 4.79 Å². The third kappa shape index (κ3) is 3.75. The fraction of sp³-hybridized carbons (Fsp3) is 0.188. The Morgan fingerprint density at radius 2 is 1.85 bits per heavy atom. The van der Waals surface area contributed by atoms with Crippen molar-refractivity contribution in [3.8, 4) is 5.75 Å². The van der Waals surface area contributed by atoms with Gasteiger partial charge in [-0.1, -0.05) is 24.3 Å². The van der Waals surface area contributed by atoms with E-state index in [2.05, 4.69) is 0 Å². The van der Waals surface area contributed by atoms with Gasteiger partial charge >= 0.3 is 0 Å². The Kier molecular flexibility index (Phi) is 4.25. The number of anilines is 1. The highest BCUT2D eigenvalue weighted by Gasteiger charge is 2.10. The average molecular weight is 270 g/mol. The summed E-state index contributed by atoms with van der Waals surface area (Å²) in [4.78, 5) is 13.8. The van der Waals surface area contributed by atoms with Crippen molar-refractivity contribution in [2.45, 2.75) is 13.0 Å². The van der Waals surface area contributed by atoms with E-state index in [9.17, 15) is 9.90 Å². The first-order chi connectivity index (χ1) is 9.54. The van der Waals surface area contributed by atoms with Crippen molar-refractivity contribution in [1.29, 1.82) is 0 Å². The molecule has 0 aromatic heterocycles. The van der Waals surface area contributed by atoms with Crippen LogP contribution in [-0.2, 0) is 17.8 Å².